The van der Waals surface area contributed by atoms with Crippen LogP contribution in [0.25, 0.3) is 0 Å². The van der Waals surface area contributed by atoms with Gasteiger partial charge in [0.15, 0.2) is 5.82 Å². The number of rotatable bonds is 2. The van der Waals surface area contributed by atoms with Crippen LogP contribution in [0.15, 0.2) is 24.5 Å². The molecule has 1 heterocycles. The Balaban J connectivity index is 2.31. The lowest BCUT2D eigenvalue weighted by molar-refractivity contribution is 0.619. The predicted octanol–water partition coefficient (Wildman–Crippen LogP) is 2.90. The Bertz CT molecular complexity index is 559. The van der Waals surface area contributed by atoms with Crippen LogP contribution in [0.2, 0.25) is 5.02 Å². The molecule has 17 heavy (non-hydrogen) atoms. The maximum absolute atomic E-state index is 13.1. The number of nitrogens with two attached hydrogens (primary N) is 1. The van der Waals surface area contributed by atoms with Crippen LogP contribution in [-0.4, -0.2) is 9.97 Å². The molecule has 0 saturated carbocycles. The summed E-state index contributed by atoms with van der Waals surface area (Å²) in [4.78, 5) is 7.71. The van der Waals surface area contributed by atoms with Gasteiger partial charge in [-0.3, -0.25) is 0 Å². The molecule has 2 rings (SSSR count). The van der Waals surface area contributed by atoms with Crippen molar-refractivity contribution in [3.8, 4) is 0 Å². The third kappa shape index (κ3) is 2.45. The zero-order valence-corrected chi connectivity index (χ0v) is 9.79. The number of benzene rings is 1. The van der Waals surface area contributed by atoms with Crippen LogP contribution in [0.5, 0.6) is 0 Å². The van der Waals surface area contributed by atoms with Crippen LogP contribution in [0.3, 0.4) is 0 Å². The van der Waals surface area contributed by atoms with Crippen molar-refractivity contribution >= 4 is 28.9 Å². The highest BCUT2D eigenvalue weighted by molar-refractivity contribution is 6.35. The highest BCUT2D eigenvalue weighted by Gasteiger charge is 2.07. The van der Waals surface area contributed by atoms with E-state index < -0.39 is 0 Å². The quantitative estimate of drug-likeness (QED) is 0.863. The van der Waals surface area contributed by atoms with Gasteiger partial charge in [0.1, 0.15) is 23.0 Å². The lowest BCUT2D eigenvalue weighted by Crippen LogP contribution is -2.00. The molecule has 88 valence electrons. The molecule has 0 unspecified atom stereocenters. The van der Waals surface area contributed by atoms with Crippen LogP contribution in [0.1, 0.15) is 5.56 Å². The van der Waals surface area contributed by atoms with E-state index in [9.17, 15) is 4.39 Å². The van der Waals surface area contributed by atoms with Gasteiger partial charge < -0.3 is 11.1 Å². The molecule has 0 amide bonds. The molecule has 0 aliphatic rings. The number of halogens is 2. The molecule has 0 fully saturated rings. The summed E-state index contributed by atoms with van der Waals surface area (Å²) in [6, 6.07) is 4.62. The van der Waals surface area contributed by atoms with E-state index >= 15 is 0 Å². The van der Waals surface area contributed by atoms with Crippen molar-refractivity contribution in [1.82, 2.24) is 9.97 Å². The molecule has 0 aliphatic heterocycles. The topological polar surface area (TPSA) is 63.8 Å². The Labute approximate surface area is 103 Å². The molecule has 3 N–H and O–H groups in total. The summed E-state index contributed by atoms with van der Waals surface area (Å²) in [6.07, 6.45) is 1.31. The normalized spacial score (nSPS) is 10.3. The smallest absolute Gasteiger partial charge is 0.154 e. The molecule has 6 heteroatoms. The minimum absolute atomic E-state index is 0.197. The molecule has 4 nitrogen and oxygen atoms in total. The van der Waals surface area contributed by atoms with Gasteiger partial charge >= 0.3 is 0 Å². The first-order chi connectivity index (χ1) is 8.08. The van der Waals surface area contributed by atoms with Gasteiger partial charge in [-0.1, -0.05) is 11.6 Å². The van der Waals surface area contributed by atoms with Crippen LogP contribution < -0.4 is 11.1 Å². The lowest BCUT2D eigenvalue weighted by atomic mass is 10.2. The zero-order valence-electron chi connectivity index (χ0n) is 9.04. The van der Waals surface area contributed by atoms with Crippen molar-refractivity contribution in [2.45, 2.75) is 6.92 Å². The standard InChI is InChI=1S/C11H10ClFN4/c1-6-4-7(2-3-8(6)13)17-11-9(12)10(14)15-5-16-11/h2-5H,1H3,(H3,14,15,16,17). The minimum atomic E-state index is -0.260. The van der Waals surface area contributed by atoms with Gasteiger partial charge in [-0.05, 0) is 30.7 Å². The van der Waals surface area contributed by atoms with E-state index in [1.807, 2.05) is 0 Å². The monoisotopic (exact) mass is 252 g/mol. The fourth-order valence-corrected chi connectivity index (χ4v) is 1.47. The fraction of sp³-hybridized carbons (Fsp3) is 0.0909. The summed E-state index contributed by atoms with van der Waals surface area (Å²) < 4.78 is 13.1. The van der Waals surface area contributed by atoms with Gasteiger partial charge in [0.25, 0.3) is 0 Å². The van der Waals surface area contributed by atoms with Crippen molar-refractivity contribution in [2.75, 3.05) is 11.1 Å². The molecular weight excluding hydrogens is 243 g/mol. The highest BCUT2D eigenvalue weighted by atomic mass is 35.5. The summed E-state index contributed by atoms with van der Waals surface area (Å²) in [6.45, 7) is 1.68. The van der Waals surface area contributed by atoms with E-state index in [1.54, 1.807) is 19.1 Å². The zero-order chi connectivity index (χ0) is 12.4. The Morgan fingerprint density at radius 2 is 2.12 bits per heavy atom. The van der Waals surface area contributed by atoms with Crippen molar-refractivity contribution in [3.63, 3.8) is 0 Å². The average molecular weight is 253 g/mol. The summed E-state index contributed by atoms with van der Waals surface area (Å²) in [5, 5.41) is 3.20. The van der Waals surface area contributed by atoms with Crippen molar-refractivity contribution < 1.29 is 4.39 Å². The maximum atomic E-state index is 13.1. The van der Waals surface area contributed by atoms with Crippen molar-refractivity contribution in [1.29, 1.82) is 0 Å². The third-order valence-electron chi connectivity index (χ3n) is 2.24. The van der Waals surface area contributed by atoms with E-state index in [4.69, 9.17) is 17.3 Å². The number of nitrogen functional groups attached to an aromatic ring is 1. The van der Waals surface area contributed by atoms with Crippen molar-refractivity contribution in [2.24, 2.45) is 0 Å². The maximum Gasteiger partial charge on any atom is 0.154 e. The second-order valence-corrected chi connectivity index (χ2v) is 3.89. The van der Waals surface area contributed by atoms with E-state index in [1.165, 1.54) is 12.4 Å². The van der Waals surface area contributed by atoms with E-state index in [-0.39, 0.29) is 16.7 Å². The highest BCUT2D eigenvalue weighted by Crippen LogP contribution is 2.26. The largest absolute Gasteiger partial charge is 0.382 e. The summed E-state index contributed by atoms with van der Waals surface area (Å²) in [5.74, 6) is 0.331. The SMILES string of the molecule is Cc1cc(Nc2ncnc(N)c2Cl)ccc1F. The Kier molecular flexibility index (Phi) is 3.10. The number of aryl methyl sites for hydroxylation is 1. The second-order valence-electron chi connectivity index (χ2n) is 3.51. The number of hydrogen-bond donors (Lipinski definition) is 2. The van der Waals surface area contributed by atoms with Crippen LogP contribution in [0.4, 0.5) is 21.7 Å². The Hall–Kier alpha value is -1.88. The molecular formula is C11H10ClFN4. The van der Waals surface area contributed by atoms with Gasteiger partial charge in [-0.2, -0.15) is 0 Å². The van der Waals surface area contributed by atoms with Crippen LogP contribution in [-0.2, 0) is 0 Å². The predicted molar refractivity (Wildman–Crippen MR) is 65.9 cm³/mol. The van der Waals surface area contributed by atoms with E-state index in [2.05, 4.69) is 15.3 Å². The molecule has 2 aromatic rings. The number of hydrogen-bond acceptors (Lipinski definition) is 4. The molecule has 0 bridgehead atoms. The third-order valence-corrected chi connectivity index (χ3v) is 2.61. The minimum Gasteiger partial charge on any atom is -0.382 e. The number of aromatic nitrogens is 2. The first-order valence-corrected chi connectivity index (χ1v) is 5.25. The van der Waals surface area contributed by atoms with Gasteiger partial charge in [-0.25, -0.2) is 14.4 Å². The van der Waals surface area contributed by atoms with Crippen molar-refractivity contribution in [3.05, 3.63) is 40.9 Å². The average Bonchev–Trinajstić information content (AvgIpc) is 2.30. The summed E-state index contributed by atoms with van der Waals surface area (Å²) in [5.41, 5.74) is 6.76. The Morgan fingerprint density at radius 3 is 2.82 bits per heavy atom. The first-order valence-electron chi connectivity index (χ1n) is 4.87. The van der Waals surface area contributed by atoms with E-state index in [0.717, 1.165) is 0 Å². The molecule has 0 aliphatic carbocycles. The van der Waals surface area contributed by atoms with Crippen LogP contribution >= 0.6 is 11.6 Å². The summed E-state index contributed by atoms with van der Waals surface area (Å²) >= 11 is 5.93. The number of nitrogens with one attached hydrogen (secondary N) is 1. The molecule has 0 atom stereocenters. The first kappa shape index (κ1) is 11.6. The number of anilines is 3. The molecule has 0 radical (unpaired) electrons. The van der Waals surface area contributed by atoms with E-state index in [0.29, 0.717) is 17.1 Å². The van der Waals surface area contributed by atoms with Crippen LogP contribution in [0, 0.1) is 12.7 Å². The lowest BCUT2D eigenvalue weighted by Gasteiger charge is -2.08. The molecule has 0 spiro atoms. The molecule has 1 aromatic carbocycles. The Morgan fingerprint density at radius 1 is 1.35 bits per heavy atom. The second kappa shape index (κ2) is 4.55. The van der Waals surface area contributed by atoms with Gasteiger partial charge in [0, 0.05) is 5.69 Å². The van der Waals surface area contributed by atoms with Gasteiger partial charge in [-0.15, -0.1) is 0 Å². The fourth-order valence-electron chi connectivity index (χ4n) is 1.33. The summed E-state index contributed by atoms with van der Waals surface area (Å²) in [7, 11) is 0. The van der Waals surface area contributed by atoms with Gasteiger partial charge in [0.2, 0.25) is 0 Å². The molecule has 0 saturated heterocycles. The molecule has 1 aromatic heterocycles. The van der Waals surface area contributed by atoms with Gasteiger partial charge in [0.05, 0.1) is 0 Å². The number of nitrogens with zero attached hydrogens (tertiary/aromatic N) is 2.